The monoisotopic (exact) mass is 258 g/mol. The molecule has 0 aromatic carbocycles. The van der Waals surface area contributed by atoms with E-state index in [-0.39, 0.29) is 12.2 Å². The molecule has 1 aromatic rings. The van der Waals surface area contributed by atoms with E-state index in [4.69, 9.17) is 5.73 Å². The van der Waals surface area contributed by atoms with Crippen LogP contribution in [0.1, 0.15) is 10.5 Å². The zero-order chi connectivity index (χ0) is 10.6. The van der Waals surface area contributed by atoms with Gasteiger partial charge in [-0.25, -0.2) is 9.97 Å². The van der Waals surface area contributed by atoms with E-state index < -0.39 is 11.8 Å². The lowest BCUT2D eigenvalue weighted by atomic mass is 10.4. The van der Waals surface area contributed by atoms with Crippen molar-refractivity contribution in [3.63, 3.8) is 0 Å². The van der Waals surface area contributed by atoms with Crippen LogP contribution >= 0.6 is 15.9 Å². The van der Waals surface area contributed by atoms with Gasteiger partial charge in [0.1, 0.15) is 12.0 Å². The summed E-state index contributed by atoms with van der Waals surface area (Å²) >= 11 is 3.10. The number of nitrogens with zero attached hydrogens (tertiary/aromatic N) is 2. The van der Waals surface area contributed by atoms with E-state index >= 15 is 0 Å². The first-order valence-corrected chi connectivity index (χ1v) is 4.42. The number of hydrogen-bond donors (Lipinski definition) is 2. The summed E-state index contributed by atoms with van der Waals surface area (Å²) in [5.74, 6) is -1.08. The molecular formula is C7H7BrN4O2. The summed E-state index contributed by atoms with van der Waals surface area (Å²) in [5, 5.41) is 2.31. The van der Waals surface area contributed by atoms with Gasteiger partial charge in [0.25, 0.3) is 5.91 Å². The van der Waals surface area contributed by atoms with Gasteiger partial charge < -0.3 is 11.1 Å². The van der Waals surface area contributed by atoms with Crippen LogP contribution in [0, 0.1) is 0 Å². The molecule has 7 heteroatoms. The van der Waals surface area contributed by atoms with Gasteiger partial charge in [-0.15, -0.1) is 0 Å². The Bertz CT molecular complexity index is 368. The highest BCUT2D eigenvalue weighted by Gasteiger charge is 2.11. The first kappa shape index (κ1) is 10.6. The molecule has 0 fully saturated rings. The highest BCUT2D eigenvalue weighted by atomic mass is 79.9. The second-order valence-corrected chi connectivity index (χ2v) is 3.22. The predicted octanol–water partition coefficient (Wildman–Crippen LogP) is -0.546. The van der Waals surface area contributed by atoms with E-state index in [1.807, 2.05) is 0 Å². The fourth-order valence-corrected chi connectivity index (χ4v) is 1.13. The van der Waals surface area contributed by atoms with Crippen molar-refractivity contribution in [2.45, 2.75) is 0 Å². The Hall–Kier alpha value is -1.50. The van der Waals surface area contributed by atoms with E-state index in [2.05, 4.69) is 31.2 Å². The SMILES string of the molecule is NC(=O)CNC(=O)c1ncncc1Br. The third-order valence-electron chi connectivity index (χ3n) is 1.31. The number of amides is 2. The van der Waals surface area contributed by atoms with E-state index in [9.17, 15) is 9.59 Å². The van der Waals surface area contributed by atoms with Crippen LogP contribution in [0.5, 0.6) is 0 Å². The Morgan fingerprint density at radius 3 is 2.86 bits per heavy atom. The van der Waals surface area contributed by atoms with Crippen LogP contribution in [0.25, 0.3) is 0 Å². The van der Waals surface area contributed by atoms with Gasteiger partial charge in [-0.1, -0.05) is 0 Å². The highest BCUT2D eigenvalue weighted by molar-refractivity contribution is 9.10. The van der Waals surface area contributed by atoms with Crippen molar-refractivity contribution < 1.29 is 9.59 Å². The van der Waals surface area contributed by atoms with Crippen molar-refractivity contribution in [3.8, 4) is 0 Å². The van der Waals surface area contributed by atoms with Crippen LogP contribution in [0.15, 0.2) is 17.0 Å². The molecule has 0 atom stereocenters. The molecule has 74 valence electrons. The molecule has 14 heavy (non-hydrogen) atoms. The average molecular weight is 259 g/mol. The lowest BCUT2D eigenvalue weighted by Gasteiger charge is -2.02. The van der Waals surface area contributed by atoms with Crippen LogP contribution in [0.2, 0.25) is 0 Å². The number of carbonyl (C=O) groups excluding carboxylic acids is 2. The van der Waals surface area contributed by atoms with Crippen LogP contribution in [-0.4, -0.2) is 28.3 Å². The van der Waals surface area contributed by atoms with Gasteiger partial charge in [-0.3, -0.25) is 9.59 Å². The predicted molar refractivity (Wildman–Crippen MR) is 51.3 cm³/mol. The molecule has 0 aliphatic rings. The topological polar surface area (TPSA) is 98.0 Å². The third-order valence-corrected chi connectivity index (χ3v) is 1.89. The van der Waals surface area contributed by atoms with E-state index in [0.717, 1.165) is 0 Å². The summed E-state index contributed by atoms with van der Waals surface area (Å²) in [5.41, 5.74) is 5.03. The van der Waals surface area contributed by atoms with Crippen LogP contribution in [0.4, 0.5) is 0 Å². The largest absolute Gasteiger partial charge is 0.368 e. The number of primary amides is 1. The van der Waals surface area contributed by atoms with Crippen molar-refractivity contribution in [1.29, 1.82) is 0 Å². The minimum Gasteiger partial charge on any atom is -0.368 e. The Morgan fingerprint density at radius 2 is 2.29 bits per heavy atom. The Kier molecular flexibility index (Phi) is 3.52. The van der Waals surface area contributed by atoms with E-state index in [1.54, 1.807) is 0 Å². The third kappa shape index (κ3) is 2.77. The molecule has 0 radical (unpaired) electrons. The molecule has 0 unspecified atom stereocenters. The number of halogens is 1. The van der Waals surface area contributed by atoms with Crippen molar-refractivity contribution >= 4 is 27.7 Å². The molecular weight excluding hydrogens is 252 g/mol. The van der Waals surface area contributed by atoms with Crippen LogP contribution in [0.3, 0.4) is 0 Å². The van der Waals surface area contributed by atoms with Gasteiger partial charge in [-0.05, 0) is 15.9 Å². The van der Waals surface area contributed by atoms with Gasteiger partial charge in [0.15, 0.2) is 0 Å². The average Bonchev–Trinajstić information content (AvgIpc) is 2.15. The number of nitrogens with one attached hydrogen (secondary N) is 1. The molecule has 3 N–H and O–H groups in total. The molecule has 0 saturated carbocycles. The lowest BCUT2D eigenvalue weighted by Crippen LogP contribution is -2.33. The summed E-state index contributed by atoms with van der Waals surface area (Å²) in [7, 11) is 0. The normalized spacial score (nSPS) is 9.50. The molecule has 2 amide bonds. The maximum atomic E-state index is 11.3. The molecule has 0 saturated heterocycles. The van der Waals surface area contributed by atoms with Gasteiger partial charge in [0.2, 0.25) is 5.91 Å². The molecule has 1 heterocycles. The number of aromatic nitrogens is 2. The molecule has 1 aromatic heterocycles. The summed E-state index contributed by atoms with van der Waals surface area (Å²) in [6.45, 7) is -0.213. The number of nitrogens with two attached hydrogens (primary N) is 1. The second kappa shape index (κ2) is 4.66. The van der Waals surface area contributed by atoms with Gasteiger partial charge >= 0.3 is 0 Å². The Balaban J connectivity index is 2.70. The maximum absolute atomic E-state index is 11.3. The molecule has 0 aliphatic carbocycles. The standard InChI is InChI=1S/C7H7BrN4O2/c8-4-1-10-3-12-6(4)7(14)11-2-5(9)13/h1,3H,2H2,(H2,9,13)(H,11,14). The first-order chi connectivity index (χ1) is 6.61. The molecule has 0 aliphatic heterocycles. The van der Waals surface area contributed by atoms with Gasteiger partial charge in [0, 0.05) is 6.20 Å². The molecule has 0 bridgehead atoms. The fourth-order valence-electron chi connectivity index (χ4n) is 0.731. The summed E-state index contributed by atoms with van der Waals surface area (Å²) < 4.78 is 0.460. The second-order valence-electron chi connectivity index (χ2n) is 2.37. The summed E-state index contributed by atoms with van der Waals surface area (Å²) in [6.07, 6.45) is 2.68. The Labute approximate surface area is 88.0 Å². The Morgan fingerprint density at radius 1 is 1.57 bits per heavy atom. The van der Waals surface area contributed by atoms with Crippen molar-refractivity contribution in [2.75, 3.05) is 6.54 Å². The van der Waals surface area contributed by atoms with Crippen LogP contribution < -0.4 is 11.1 Å². The van der Waals surface area contributed by atoms with Gasteiger partial charge in [0.05, 0.1) is 11.0 Å². The fraction of sp³-hybridized carbons (Fsp3) is 0.143. The van der Waals surface area contributed by atoms with Crippen molar-refractivity contribution in [3.05, 3.63) is 22.7 Å². The van der Waals surface area contributed by atoms with Crippen molar-refractivity contribution in [2.24, 2.45) is 5.73 Å². The maximum Gasteiger partial charge on any atom is 0.271 e. The van der Waals surface area contributed by atoms with E-state index in [0.29, 0.717) is 4.47 Å². The summed E-state index contributed by atoms with van der Waals surface area (Å²) in [4.78, 5) is 29.1. The van der Waals surface area contributed by atoms with Crippen LogP contribution in [-0.2, 0) is 4.79 Å². The minimum atomic E-state index is -0.608. The number of carbonyl (C=O) groups is 2. The molecule has 6 nitrogen and oxygen atoms in total. The smallest absolute Gasteiger partial charge is 0.271 e. The summed E-state index contributed by atoms with van der Waals surface area (Å²) in [6, 6.07) is 0. The number of rotatable bonds is 3. The zero-order valence-corrected chi connectivity index (χ0v) is 8.61. The van der Waals surface area contributed by atoms with Crippen molar-refractivity contribution in [1.82, 2.24) is 15.3 Å². The van der Waals surface area contributed by atoms with E-state index in [1.165, 1.54) is 12.5 Å². The number of hydrogen-bond acceptors (Lipinski definition) is 4. The molecule has 1 rings (SSSR count). The molecule has 0 spiro atoms. The highest BCUT2D eigenvalue weighted by Crippen LogP contribution is 2.10. The lowest BCUT2D eigenvalue weighted by molar-refractivity contribution is -0.117. The zero-order valence-electron chi connectivity index (χ0n) is 7.03. The van der Waals surface area contributed by atoms with Gasteiger partial charge in [-0.2, -0.15) is 0 Å². The first-order valence-electron chi connectivity index (χ1n) is 3.63. The quantitative estimate of drug-likeness (QED) is 0.761. The minimum absolute atomic E-state index is 0.168.